The molecule has 1 aromatic carbocycles. The van der Waals surface area contributed by atoms with E-state index >= 15 is 0 Å². The van der Waals surface area contributed by atoms with Gasteiger partial charge in [0.05, 0.1) is 13.1 Å². The predicted octanol–water partition coefficient (Wildman–Crippen LogP) is 3.06. The van der Waals surface area contributed by atoms with Crippen molar-refractivity contribution in [1.29, 1.82) is 0 Å². The van der Waals surface area contributed by atoms with Crippen molar-refractivity contribution in [3.05, 3.63) is 55.7 Å². The molecule has 21 heavy (non-hydrogen) atoms. The summed E-state index contributed by atoms with van der Waals surface area (Å²) in [7, 11) is 0. The van der Waals surface area contributed by atoms with Crippen molar-refractivity contribution in [3.63, 3.8) is 0 Å². The van der Waals surface area contributed by atoms with Crippen molar-refractivity contribution in [2.24, 2.45) is 5.73 Å². The van der Waals surface area contributed by atoms with Gasteiger partial charge in [0.15, 0.2) is 0 Å². The second-order valence-electron chi connectivity index (χ2n) is 4.45. The summed E-state index contributed by atoms with van der Waals surface area (Å²) in [6.07, 6.45) is 0. The van der Waals surface area contributed by atoms with E-state index in [0.717, 1.165) is 20.5 Å². The molecule has 3 nitrogen and oxygen atoms in total. The van der Waals surface area contributed by atoms with E-state index in [1.807, 2.05) is 30.5 Å². The summed E-state index contributed by atoms with van der Waals surface area (Å²) in [5.74, 6) is 5.70. The topological polar surface area (TPSA) is 55.1 Å². The van der Waals surface area contributed by atoms with Crippen LogP contribution in [0.4, 0.5) is 0 Å². The molecule has 0 saturated heterocycles. The molecule has 108 valence electrons. The molecule has 0 radical (unpaired) electrons. The van der Waals surface area contributed by atoms with E-state index in [1.165, 1.54) is 0 Å². The molecular formula is C16H15BrN2OS. The first kappa shape index (κ1) is 15.8. The number of nitrogens with one attached hydrogen (secondary N) is 1. The molecule has 0 atom stereocenters. The van der Waals surface area contributed by atoms with Gasteiger partial charge in [0, 0.05) is 25.9 Å². The fourth-order valence-corrected chi connectivity index (χ4v) is 3.15. The van der Waals surface area contributed by atoms with Gasteiger partial charge in [-0.2, -0.15) is 0 Å². The number of halogens is 1. The Hall–Kier alpha value is -1.61. The molecule has 0 aliphatic carbocycles. The average molecular weight is 363 g/mol. The Labute approximate surface area is 136 Å². The molecule has 0 fully saturated rings. The Morgan fingerprint density at radius 2 is 2.24 bits per heavy atom. The molecule has 0 aliphatic rings. The van der Waals surface area contributed by atoms with Crippen molar-refractivity contribution in [3.8, 4) is 11.8 Å². The van der Waals surface area contributed by atoms with Crippen LogP contribution >= 0.6 is 27.3 Å². The average Bonchev–Trinajstić information content (AvgIpc) is 2.89. The molecule has 0 unspecified atom stereocenters. The van der Waals surface area contributed by atoms with E-state index in [9.17, 15) is 4.79 Å². The number of aryl methyl sites for hydroxylation is 1. The smallest absolute Gasteiger partial charge is 0.251 e. The van der Waals surface area contributed by atoms with E-state index in [4.69, 9.17) is 5.73 Å². The van der Waals surface area contributed by atoms with Gasteiger partial charge in [0.25, 0.3) is 5.91 Å². The second-order valence-corrected chi connectivity index (χ2v) is 6.36. The lowest BCUT2D eigenvalue weighted by Gasteiger charge is -2.06. The van der Waals surface area contributed by atoms with Crippen LogP contribution in [0, 0.1) is 18.8 Å². The van der Waals surface area contributed by atoms with E-state index in [-0.39, 0.29) is 5.91 Å². The molecule has 0 bridgehead atoms. The third kappa shape index (κ3) is 4.43. The normalized spacial score (nSPS) is 9.86. The minimum atomic E-state index is -0.102. The van der Waals surface area contributed by atoms with Gasteiger partial charge in [-0.3, -0.25) is 4.79 Å². The van der Waals surface area contributed by atoms with Crippen molar-refractivity contribution in [2.45, 2.75) is 13.5 Å². The largest absolute Gasteiger partial charge is 0.347 e. The summed E-state index contributed by atoms with van der Waals surface area (Å²) in [5.41, 5.74) is 7.87. The highest BCUT2D eigenvalue weighted by Gasteiger charge is 2.08. The maximum atomic E-state index is 12.2. The number of nitrogens with two attached hydrogens (primary N) is 1. The van der Waals surface area contributed by atoms with Crippen LogP contribution in [-0.2, 0) is 6.54 Å². The lowest BCUT2D eigenvalue weighted by atomic mass is 10.0. The third-order valence-corrected chi connectivity index (χ3v) is 4.57. The summed E-state index contributed by atoms with van der Waals surface area (Å²) in [5, 5.41) is 4.90. The van der Waals surface area contributed by atoms with E-state index < -0.39 is 0 Å². The number of carbonyl (C=O) groups excluding carboxylic acids is 1. The molecule has 1 heterocycles. The number of rotatable bonds is 3. The molecular weight excluding hydrogens is 348 g/mol. The van der Waals surface area contributed by atoms with E-state index in [1.54, 1.807) is 17.4 Å². The number of hydrogen-bond donors (Lipinski definition) is 2. The molecule has 0 saturated carbocycles. The van der Waals surface area contributed by atoms with Gasteiger partial charge in [0.2, 0.25) is 0 Å². The first-order valence-corrected chi connectivity index (χ1v) is 8.08. The third-order valence-electron chi connectivity index (χ3n) is 2.87. The second kappa shape index (κ2) is 7.41. The Morgan fingerprint density at radius 3 is 2.90 bits per heavy atom. The minimum absolute atomic E-state index is 0.102. The van der Waals surface area contributed by atoms with Gasteiger partial charge < -0.3 is 11.1 Å². The first-order chi connectivity index (χ1) is 10.1. The van der Waals surface area contributed by atoms with Crippen LogP contribution in [0.2, 0.25) is 0 Å². The molecule has 5 heteroatoms. The number of amides is 1. The first-order valence-electron chi connectivity index (χ1n) is 6.41. The van der Waals surface area contributed by atoms with Gasteiger partial charge in [-0.25, -0.2) is 0 Å². The summed E-state index contributed by atoms with van der Waals surface area (Å²) in [6, 6.07) is 7.51. The van der Waals surface area contributed by atoms with Crippen LogP contribution in [0.3, 0.4) is 0 Å². The lowest BCUT2D eigenvalue weighted by Crippen LogP contribution is -2.22. The Balaban J connectivity index is 2.08. The monoisotopic (exact) mass is 362 g/mol. The molecule has 2 rings (SSSR count). The van der Waals surface area contributed by atoms with Crippen molar-refractivity contribution in [2.75, 3.05) is 6.54 Å². The van der Waals surface area contributed by atoms with Crippen LogP contribution in [0.25, 0.3) is 0 Å². The fraction of sp³-hybridized carbons (Fsp3) is 0.188. The molecule has 0 aliphatic heterocycles. The zero-order valence-corrected chi connectivity index (χ0v) is 14.0. The molecule has 1 aromatic heterocycles. The highest BCUT2D eigenvalue weighted by molar-refractivity contribution is 9.10. The van der Waals surface area contributed by atoms with Gasteiger partial charge in [0.1, 0.15) is 0 Å². The minimum Gasteiger partial charge on any atom is -0.347 e. The summed E-state index contributed by atoms with van der Waals surface area (Å²) in [4.78, 5) is 13.3. The van der Waals surface area contributed by atoms with Crippen LogP contribution in [0.15, 0.2) is 34.1 Å². The molecule has 2 aromatic rings. The lowest BCUT2D eigenvalue weighted by molar-refractivity contribution is 0.0951. The van der Waals surface area contributed by atoms with Gasteiger partial charge in [-0.1, -0.05) is 17.9 Å². The summed E-state index contributed by atoms with van der Waals surface area (Å²) < 4.78 is 1.03. The van der Waals surface area contributed by atoms with E-state index in [0.29, 0.717) is 18.7 Å². The Morgan fingerprint density at radius 1 is 1.43 bits per heavy atom. The number of benzene rings is 1. The van der Waals surface area contributed by atoms with Crippen LogP contribution in [0.1, 0.15) is 26.4 Å². The molecule has 1 amide bonds. The van der Waals surface area contributed by atoms with Crippen LogP contribution < -0.4 is 11.1 Å². The van der Waals surface area contributed by atoms with Crippen molar-refractivity contribution >= 4 is 33.2 Å². The maximum absolute atomic E-state index is 12.2. The number of thiophene rings is 1. The number of carbonyl (C=O) groups is 1. The summed E-state index contributed by atoms with van der Waals surface area (Å²) >= 11 is 5.00. The Kier molecular flexibility index (Phi) is 5.57. The van der Waals surface area contributed by atoms with Crippen LogP contribution in [0.5, 0.6) is 0 Å². The quantitative estimate of drug-likeness (QED) is 0.824. The highest BCUT2D eigenvalue weighted by atomic mass is 79.9. The zero-order chi connectivity index (χ0) is 15.2. The van der Waals surface area contributed by atoms with Gasteiger partial charge >= 0.3 is 0 Å². The Bertz CT molecular complexity index is 713. The maximum Gasteiger partial charge on any atom is 0.251 e. The SMILES string of the molecule is Cc1ccc(C(=O)NCc2cc(Br)cs2)cc1C#CCN. The van der Waals surface area contributed by atoms with E-state index in [2.05, 4.69) is 33.1 Å². The van der Waals surface area contributed by atoms with Crippen molar-refractivity contribution in [1.82, 2.24) is 5.32 Å². The zero-order valence-electron chi connectivity index (χ0n) is 11.6. The van der Waals surface area contributed by atoms with Gasteiger partial charge in [-0.05, 0) is 46.6 Å². The molecule has 0 spiro atoms. The highest BCUT2D eigenvalue weighted by Crippen LogP contribution is 2.19. The fourth-order valence-electron chi connectivity index (χ4n) is 1.76. The van der Waals surface area contributed by atoms with Crippen molar-refractivity contribution < 1.29 is 4.79 Å². The molecule has 3 N–H and O–H groups in total. The standard InChI is InChI=1S/C16H15BrN2OS/c1-11-4-5-13(7-12(11)3-2-6-18)16(20)19-9-15-8-14(17)10-21-15/h4-5,7-8,10H,6,9,18H2,1H3,(H,19,20). The van der Waals surface area contributed by atoms with Crippen LogP contribution in [-0.4, -0.2) is 12.5 Å². The number of hydrogen-bond acceptors (Lipinski definition) is 3. The predicted molar refractivity (Wildman–Crippen MR) is 90.3 cm³/mol. The van der Waals surface area contributed by atoms with Gasteiger partial charge in [-0.15, -0.1) is 11.3 Å². The summed E-state index contributed by atoms with van der Waals surface area (Å²) in [6.45, 7) is 2.79.